The maximum Gasteiger partial charge on any atom is 0.258 e. The number of hydrogen-bond acceptors (Lipinski definition) is 5. The Morgan fingerprint density at radius 3 is 2.33 bits per heavy atom. The van der Waals surface area contributed by atoms with Gasteiger partial charge in [0.15, 0.2) is 5.11 Å². The number of amides is 1. The van der Waals surface area contributed by atoms with Gasteiger partial charge in [0.2, 0.25) is 10.0 Å². The number of anilines is 2. The molecule has 1 heterocycles. The highest BCUT2D eigenvalue weighted by Crippen LogP contribution is 2.22. The van der Waals surface area contributed by atoms with Gasteiger partial charge in [-0.05, 0) is 54.7 Å². The van der Waals surface area contributed by atoms with Gasteiger partial charge < -0.3 is 10.2 Å². The first-order valence-electron chi connectivity index (χ1n) is 9.01. The summed E-state index contributed by atoms with van der Waals surface area (Å²) in [6, 6.07) is 12.6. The minimum atomic E-state index is -3.15. The third-order valence-corrected chi connectivity index (χ3v) is 6.93. The molecule has 0 radical (unpaired) electrons. The quantitative estimate of drug-likeness (QED) is 0.589. The van der Waals surface area contributed by atoms with Crippen LogP contribution in [0.4, 0.5) is 11.4 Å². The van der Waals surface area contributed by atoms with Crippen molar-refractivity contribution in [3.05, 3.63) is 57.5 Å². The van der Waals surface area contributed by atoms with Crippen molar-refractivity contribution in [2.75, 3.05) is 42.7 Å². The van der Waals surface area contributed by atoms with Gasteiger partial charge in [-0.15, -0.1) is 0 Å². The Kier molecular flexibility index (Phi) is 7.35. The smallest absolute Gasteiger partial charge is 0.258 e. The van der Waals surface area contributed by atoms with E-state index in [1.165, 1.54) is 10.6 Å². The van der Waals surface area contributed by atoms with Gasteiger partial charge in [-0.2, -0.15) is 4.31 Å². The van der Waals surface area contributed by atoms with Gasteiger partial charge in [-0.25, -0.2) is 8.42 Å². The van der Waals surface area contributed by atoms with Gasteiger partial charge in [0.25, 0.3) is 5.91 Å². The summed E-state index contributed by atoms with van der Waals surface area (Å²) in [4.78, 5) is 14.5. The minimum Gasteiger partial charge on any atom is -0.369 e. The van der Waals surface area contributed by atoms with E-state index < -0.39 is 15.9 Å². The van der Waals surface area contributed by atoms with Crippen molar-refractivity contribution in [2.45, 2.75) is 0 Å². The summed E-state index contributed by atoms with van der Waals surface area (Å²) < 4.78 is 25.5. The fraction of sp³-hybridized carbons (Fsp3) is 0.263. The highest BCUT2D eigenvalue weighted by atomic mass is 79.9. The number of nitrogens with one attached hydrogen (secondary N) is 2. The number of rotatable bonds is 4. The van der Waals surface area contributed by atoms with E-state index in [1.54, 1.807) is 18.2 Å². The second-order valence-electron chi connectivity index (χ2n) is 6.73. The molecule has 1 aliphatic rings. The summed E-state index contributed by atoms with van der Waals surface area (Å²) in [6.45, 7) is 2.18. The van der Waals surface area contributed by atoms with Crippen LogP contribution in [0, 0.1) is 0 Å². The van der Waals surface area contributed by atoms with Gasteiger partial charge in [0, 0.05) is 42.0 Å². The molecule has 1 fully saturated rings. The summed E-state index contributed by atoms with van der Waals surface area (Å²) >= 11 is 14.6. The van der Waals surface area contributed by atoms with Crippen molar-refractivity contribution in [2.24, 2.45) is 0 Å². The van der Waals surface area contributed by atoms with Crippen LogP contribution in [0.3, 0.4) is 0 Å². The highest BCUT2D eigenvalue weighted by molar-refractivity contribution is 9.10. The van der Waals surface area contributed by atoms with Crippen molar-refractivity contribution in [1.29, 1.82) is 0 Å². The number of hydrogen-bond donors (Lipinski definition) is 2. The van der Waals surface area contributed by atoms with E-state index >= 15 is 0 Å². The zero-order valence-corrected chi connectivity index (χ0v) is 20.0. The van der Waals surface area contributed by atoms with Crippen molar-refractivity contribution >= 4 is 72.2 Å². The average molecular weight is 532 g/mol. The maximum atomic E-state index is 12.4. The van der Waals surface area contributed by atoms with Crippen molar-refractivity contribution in [3.63, 3.8) is 0 Å². The van der Waals surface area contributed by atoms with Crippen LogP contribution in [-0.4, -0.2) is 56.2 Å². The molecule has 0 aromatic heterocycles. The van der Waals surface area contributed by atoms with Crippen LogP contribution in [0.25, 0.3) is 0 Å². The zero-order chi connectivity index (χ0) is 21.9. The molecule has 0 saturated carbocycles. The van der Waals surface area contributed by atoms with Gasteiger partial charge in [-0.3, -0.25) is 10.1 Å². The second-order valence-corrected chi connectivity index (χ2v) is 10.4. The Morgan fingerprint density at radius 1 is 1.10 bits per heavy atom. The predicted molar refractivity (Wildman–Crippen MR) is 128 cm³/mol. The molecular formula is C19H20BrClN4O3S2. The Balaban J connectivity index is 1.56. The molecule has 2 aromatic rings. The van der Waals surface area contributed by atoms with Gasteiger partial charge in [0.05, 0.1) is 16.8 Å². The predicted octanol–water partition coefficient (Wildman–Crippen LogP) is 3.31. The van der Waals surface area contributed by atoms with Gasteiger partial charge in [-0.1, -0.05) is 27.5 Å². The van der Waals surface area contributed by atoms with E-state index in [0.29, 0.717) is 36.8 Å². The third kappa shape index (κ3) is 5.92. The van der Waals surface area contributed by atoms with Crippen molar-refractivity contribution in [1.82, 2.24) is 9.62 Å². The maximum absolute atomic E-state index is 12.4. The molecule has 2 N–H and O–H groups in total. The summed E-state index contributed by atoms with van der Waals surface area (Å²) in [5, 5.41) is 6.08. The number of sulfonamides is 1. The highest BCUT2D eigenvalue weighted by Gasteiger charge is 2.23. The lowest BCUT2D eigenvalue weighted by Crippen LogP contribution is -2.48. The SMILES string of the molecule is CS(=O)(=O)N1CCN(c2ccc(NC(=S)NC(=O)c3cc(Br)ccc3Cl)cc2)CC1. The van der Waals surface area contributed by atoms with Crippen molar-refractivity contribution < 1.29 is 13.2 Å². The number of thiocarbonyl (C=S) groups is 1. The van der Waals surface area contributed by atoms with E-state index in [4.69, 9.17) is 23.8 Å². The molecule has 0 spiro atoms. The number of carbonyl (C=O) groups is 1. The van der Waals surface area contributed by atoms with E-state index in [-0.39, 0.29) is 5.11 Å². The van der Waals surface area contributed by atoms with Crippen molar-refractivity contribution in [3.8, 4) is 0 Å². The normalized spacial score (nSPS) is 15.0. The van der Waals surface area contributed by atoms with Crippen LogP contribution >= 0.6 is 39.7 Å². The number of halogens is 2. The van der Waals surface area contributed by atoms with E-state index in [1.807, 2.05) is 24.3 Å². The molecule has 1 saturated heterocycles. The largest absolute Gasteiger partial charge is 0.369 e. The summed E-state index contributed by atoms with van der Waals surface area (Å²) in [5.41, 5.74) is 2.03. The molecular weight excluding hydrogens is 512 g/mol. The first-order chi connectivity index (χ1) is 14.1. The molecule has 11 heteroatoms. The Morgan fingerprint density at radius 2 is 1.73 bits per heavy atom. The van der Waals surface area contributed by atoms with Crippen LogP contribution in [0.2, 0.25) is 5.02 Å². The van der Waals surface area contributed by atoms with Gasteiger partial charge in [0.1, 0.15) is 0 Å². The Hall–Kier alpha value is -1.72. The minimum absolute atomic E-state index is 0.158. The summed E-state index contributed by atoms with van der Waals surface area (Å²) in [6.07, 6.45) is 1.23. The van der Waals surface area contributed by atoms with Crippen LogP contribution in [0.5, 0.6) is 0 Å². The van der Waals surface area contributed by atoms with E-state index in [9.17, 15) is 13.2 Å². The number of carbonyl (C=O) groups excluding carboxylic acids is 1. The lowest BCUT2D eigenvalue weighted by Gasteiger charge is -2.34. The van der Waals surface area contributed by atoms with Crippen LogP contribution in [0.1, 0.15) is 10.4 Å². The molecule has 0 unspecified atom stereocenters. The topological polar surface area (TPSA) is 81.8 Å². The molecule has 1 amide bonds. The lowest BCUT2D eigenvalue weighted by molar-refractivity contribution is 0.0978. The first-order valence-corrected chi connectivity index (χ1v) is 12.4. The standard InChI is InChI=1S/C19H20BrClN4O3S2/c1-30(27,28)25-10-8-24(9-11-25)15-5-3-14(4-6-15)22-19(29)23-18(26)16-12-13(20)2-7-17(16)21/h2-7,12H,8-11H2,1H3,(H2,22,23,26,29). The molecule has 30 heavy (non-hydrogen) atoms. The van der Waals surface area contributed by atoms with E-state index in [2.05, 4.69) is 31.5 Å². The Labute approximate surface area is 194 Å². The average Bonchev–Trinajstić information content (AvgIpc) is 2.69. The van der Waals surface area contributed by atoms with Gasteiger partial charge >= 0.3 is 0 Å². The number of piperazine rings is 1. The molecule has 7 nitrogen and oxygen atoms in total. The third-order valence-electron chi connectivity index (χ3n) is 4.60. The molecule has 1 aliphatic heterocycles. The Bertz CT molecular complexity index is 1060. The molecule has 3 rings (SSSR count). The van der Waals surface area contributed by atoms with Crippen LogP contribution in [0.15, 0.2) is 46.9 Å². The fourth-order valence-electron chi connectivity index (χ4n) is 3.04. The first kappa shape index (κ1) is 23.0. The van der Waals surface area contributed by atoms with E-state index in [0.717, 1.165) is 15.8 Å². The fourth-order valence-corrected chi connectivity index (χ4v) is 4.64. The van der Waals surface area contributed by atoms with Crippen LogP contribution in [-0.2, 0) is 10.0 Å². The summed E-state index contributed by atoms with van der Waals surface area (Å²) in [5.74, 6) is -0.404. The molecule has 160 valence electrons. The number of benzene rings is 2. The van der Waals surface area contributed by atoms with Crippen LogP contribution < -0.4 is 15.5 Å². The second kappa shape index (κ2) is 9.61. The number of nitrogens with zero attached hydrogens (tertiary/aromatic N) is 2. The monoisotopic (exact) mass is 530 g/mol. The summed E-state index contributed by atoms with van der Waals surface area (Å²) in [7, 11) is -3.15. The lowest BCUT2D eigenvalue weighted by atomic mass is 10.2. The molecule has 0 aliphatic carbocycles. The molecule has 0 atom stereocenters. The molecule has 0 bridgehead atoms. The zero-order valence-electron chi connectivity index (χ0n) is 16.1. The molecule has 2 aromatic carbocycles.